The highest BCUT2D eigenvalue weighted by atomic mass is 32.1. The predicted octanol–water partition coefficient (Wildman–Crippen LogP) is 4.67. The highest BCUT2D eigenvalue weighted by Crippen LogP contribution is 2.26. The van der Waals surface area contributed by atoms with Gasteiger partial charge in [-0.1, -0.05) is 51.5 Å². The standard InChI is InChI=1S/C14H22O2S/c1-2-3-4-5-6-7-9-12(14(15)16)13-10-8-11-17-13/h8,10-12H,2-7,9H2,1H3,(H,15,16). The maximum atomic E-state index is 11.2. The summed E-state index contributed by atoms with van der Waals surface area (Å²) in [6, 6.07) is 3.86. The van der Waals surface area contributed by atoms with Crippen LogP contribution in [0.3, 0.4) is 0 Å². The van der Waals surface area contributed by atoms with Gasteiger partial charge in [0.1, 0.15) is 0 Å². The maximum absolute atomic E-state index is 11.2. The molecule has 17 heavy (non-hydrogen) atoms. The maximum Gasteiger partial charge on any atom is 0.311 e. The Balaban J connectivity index is 2.25. The molecule has 96 valence electrons. The van der Waals surface area contributed by atoms with Crippen molar-refractivity contribution in [1.29, 1.82) is 0 Å². The monoisotopic (exact) mass is 254 g/mol. The Labute approximate surface area is 108 Å². The molecule has 1 aromatic rings. The average molecular weight is 254 g/mol. The third-order valence-electron chi connectivity index (χ3n) is 3.03. The number of carboxylic acids is 1. The summed E-state index contributed by atoms with van der Waals surface area (Å²) in [6.07, 6.45) is 8.05. The van der Waals surface area contributed by atoms with Gasteiger partial charge in [-0.25, -0.2) is 0 Å². The number of carbonyl (C=O) groups is 1. The molecule has 0 fully saturated rings. The van der Waals surface area contributed by atoms with Crippen molar-refractivity contribution in [3.8, 4) is 0 Å². The number of thiophene rings is 1. The van der Waals surface area contributed by atoms with Gasteiger partial charge in [0.05, 0.1) is 5.92 Å². The van der Waals surface area contributed by atoms with Crippen molar-refractivity contribution in [1.82, 2.24) is 0 Å². The zero-order valence-electron chi connectivity index (χ0n) is 10.5. The summed E-state index contributed by atoms with van der Waals surface area (Å²) < 4.78 is 0. The first-order valence-electron chi connectivity index (χ1n) is 6.52. The minimum Gasteiger partial charge on any atom is -0.481 e. The highest BCUT2D eigenvalue weighted by Gasteiger charge is 2.19. The topological polar surface area (TPSA) is 37.3 Å². The molecule has 0 amide bonds. The van der Waals surface area contributed by atoms with Crippen LogP contribution in [0.25, 0.3) is 0 Å². The van der Waals surface area contributed by atoms with Gasteiger partial charge in [-0.3, -0.25) is 4.79 Å². The molecule has 2 nitrogen and oxygen atoms in total. The fraction of sp³-hybridized carbons (Fsp3) is 0.643. The molecule has 1 N–H and O–H groups in total. The van der Waals surface area contributed by atoms with Gasteiger partial charge >= 0.3 is 5.97 Å². The number of hydrogen-bond acceptors (Lipinski definition) is 2. The fourth-order valence-electron chi connectivity index (χ4n) is 2.01. The van der Waals surface area contributed by atoms with E-state index in [9.17, 15) is 9.90 Å². The van der Waals surface area contributed by atoms with E-state index >= 15 is 0 Å². The molecule has 0 spiro atoms. The lowest BCUT2D eigenvalue weighted by Crippen LogP contribution is -2.10. The summed E-state index contributed by atoms with van der Waals surface area (Å²) in [5.74, 6) is -0.970. The number of aliphatic carboxylic acids is 1. The third-order valence-corrected chi connectivity index (χ3v) is 4.02. The van der Waals surface area contributed by atoms with Crippen molar-refractivity contribution >= 4 is 17.3 Å². The van der Waals surface area contributed by atoms with Gasteiger partial charge in [0.25, 0.3) is 0 Å². The lowest BCUT2D eigenvalue weighted by molar-refractivity contribution is -0.138. The summed E-state index contributed by atoms with van der Waals surface area (Å²) >= 11 is 1.55. The van der Waals surface area contributed by atoms with E-state index in [-0.39, 0.29) is 5.92 Å². The van der Waals surface area contributed by atoms with Gasteiger partial charge in [0, 0.05) is 4.88 Å². The molecule has 0 aromatic carbocycles. The summed E-state index contributed by atoms with van der Waals surface area (Å²) in [7, 11) is 0. The van der Waals surface area contributed by atoms with Crippen LogP contribution in [0.2, 0.25) is 0 Å². The summed E-state index contributed by atoms with van der Waals surface area (Å²) in [5.41, 5.74) is 0. The minimum absolute atomic E-state index is 0.291. The van der Waals surface area contributed by atoms with Crippen molar-refractivity contribution < 1.29 is 9.90 Å². The van der Waals surface area contributed by atoms with E-state index in [1.165, 1.54) is 25.7 Å². The van der Waals surface area contributed by atoms with E-state index in [0.29, 0.717) is 0 Å². The van der Waals surface area contributed by atoms with Crippen LogP contribution < -0.4 is 0 Å². The van der Waals surface area contributed by atoms with E-state index in [0.717, 1.165) is 24.1 Å². The van der Waals surface area contributed by atoms with Gasteiger partial charge in [-0.2, -0.15) is 0 Å². The highest BCUT2D eigenvalue weighted by molar-refractivity contribution is 7.10. The Morgan fingerprint density at radius 1 is 1.29 bits per heavy atom. The molecule has 0 bridgehead atoms. The SMILES string of the molecule is CCCCCCCCC(C(=O)O)c1cccs1. The Morgan fingerprint density at radius 2 is 2.00 bits per heavy atom. The summed E-state index contributed by atoms with van der Waals surface area (Å²) in [6.45, 7) is 2.21. The van der Waals surface area contributed by atoms with E-state index in [4.69, 9.17) is 0 Å². The van der Waals surface area contributed by atoms with E-state index < -0.39 is 5.97 Å². The molecule has 1 heterocycles. The molecule has 3 heteroatoms. The average Bonchev–Trinajstić information content (AvgIpc) is 2.81. The Kier molecular flexibility index (Phi) is 6.94. The molecule has 0 aliphatic heterocycles. The lowest BCUT2D eigenvalue weighted by Gasteiger charge is -2.09. The molecular weight excluding hydrogens is 232 g/mol. The second-order valence-electron chi connectivity index (χ2n) is 4.46. The van der Waals surface area contributed by atoms with Crippen LogP contribution in [-0.4, -0.2) is 11.1 Å². The molecule has 0 aliphatic rings. The van der Waals surface area contributed by atoms with E-state index in [1.54, 1.807) is 11.3 Å². The second kappa shape index (κ2) is 8.29. The molecule has 1 atom stereocenters. The lowest BCUT2D eigenvalue weighted by atomic mass is 9.99. The number of unbranched alkanes of at least 4 members (excludes halogenated alkanes) is 5. The largest absolute Gasteiger partial charge is 0.481 e. The third kappa shape index (κ3) is 5.35. The first-order chi connectivity index (χ1) is 8.25. The molecule has 0 saturated carbocycles. The van der Waals surface area contributed by atoms with Crippen LogP contribution in [-0.2, 0) is 4.79 Å². The van der Waals surface area contributed by atoms with Gasteiger partial charge in [0.15, 0.2) is 0 Å². The summed E-state index contributed by atoms with van der Waals surface area (Å²) in [4.78, 5) is 12.2. The van der Waals surface area contributed by atoms with Crippen LogP contribution in [0.4, 0.5) is 0 Å². The van der Waals surface area contributed by atoms with Crippen LogP contribution in [0, 0.1) is 0 Å². The fourth-order valence-corrected chi connectivity index (χ4v) is 2.86. The molecule has 1 rings (SSSR count). The number of carboxylic acid groups (broad SMARTS) is 1. The van der Waals surface area contributed by atoms with Gasteiger partial charge in [-0.15, -0.1) is 11.3 Å². The van der Waals surface area contributed by atoms with Gasteiger partial charge in [-0.05, 0) is 17.9 Å². The Morgan fingerprint density at radius 3 is 2.59 bits per heavy atom. The first kappa shape index (κ1) is 14.2. The van der Waals surface area contributed by atoms with Crippen molar-refractivity contribution in [3.63, 3.8) is 0 Å². The molecule has 1 aromatic heterocycles. The van der Waals surface area contributed by atoms with E-state index in [1.807, 2.05) is 17.5 Å². The molecular formula is C14H22O2S. The summed E-state index contributed by atoms with van der Waals surface area (Å²) in [5, 5.41) is 11.1. The smallest absolute Gasteiger partial charge is 0.311 e. The van der Waals surface area contributed by atoms with Crippen LogP contribution in [0.1, 0.15) is 62.7 Å². The van der Waals surface area contributed by atoms with Crippen molar-refractivity contribution in [2.75, 3.05) is 0 Å². The predicted molar refractivity (Wildman–Crippen MR) is 72.7 cm³/mol. The van der Waals surface area contributed by atoms with Gasteiger partial charge in [0.2, 0.25) is 0 Å². The molecule has 0 saturated heterocycles. The van der Waals surface area contributed by atoms with Crippen molar-refractivity contribution in [2.24, 2.45) is 0 Å². The van der Waals surface area contributed by atoms with Crippen molar-refractivity contribution in [2.45, 2.75) is 57.8 Å². The number of hydrogen-bond donors (Lipinski definition) is 1. The van der Waals surface area contributed by atoms with Crippen LogP contribution in [0.5, 0.6) is 0 Å². The molecule has 1 unspecified atom stereocenters. The van der Waals surface area contributed by atoms with Crippen LogP contribution in [0.15, 0.2) is 17.5 Å². The quantitative estimate of drug-likeness (QED) is 0.650. The van der Waals surface area contributed by atoms with Crippen molar-refractivity contribution in [3.05, 3.63) is 22.4 Å². The normalized spacial score (nSPS) is 12.5. The Bertz CT molecular complexity index is 306. The number of rotatable bonds is 9. The van der Waals surface area contributed by atoms with E-state index in [2.05, 4.69) is 6.92 Å². The van der Waals surface area contributed by atoms with Gasteiger partial charge < -0.3 is 5.11 Å². The molecule has 0 aliphatic carbocycles. The minimum atomic E-state index is -0.680. The second-order valence-corrected chi connectivity index (χ2v) is 5.44. The Hall–Kier alpha value is -0.830. The first-order valence-corrected chi connectivity index (χ1v) is 7.40. The van der Waals surface area contributed by atoms with Crippen LogP contribution >= 0.6 is 11.3 Å². The zero-order chi connectivity index (χ0) is 12.5. The zero-order valence-corrected chi connectivity index (χ0v) is 11.3. The molecule has 0 radical (unpaired) electrons.